The molecule has 2 fully saturated rings. The fraction of sp³-hybridized carbons (Fsp3) is 0.450. The van der Waals surface area contributed by atoms with E-state index in [9.17, 15) is 26.7 Å². The Labute approximate surface area is 185 Å². The number of aromatic nitrogens is 3. The van der Waals surface area contributed by atoms with Crippen molar-refractivity contribution in [1.29, 1.82) is 0 Å². The van der Waals surface area contributed by atoms with E-state index < -0.39 is 23.5 Å². The molecule has 2 aliphatic rings. The number of carboxylic acid groups (broad SMARTS) is 1. The summed E-state index contributed by atoms with van der Waals surface area (Å²) in [6.45, 7) is 0.716. The first kappa shape index (κ1) is 24.3. The van der Waals surface area contributed by atoms with Crippen molar-refractivity contribution in [2.24, 2.45) is 5.41 Å². The van der Waals surface area contributed by atoms with Crippen molar-refractivity contribution in [3.63, 3.8) is 0 Å². The van der Waals surface area contributed by atoms with Crippen LogP contribution in [0, 0.1) is 5.41 Å². The second-order valence-electron chi connectivity index (χ2n) is 7.71. The molecule has 2 aromatic heterocycles. The number of alkyl halides is 5. The lowest BCUT2D eigenvalue weighted by Crippen LogP contribution is -2.58. The summed E-state index contributed by atoms with van der Waals surface area (Å²) >= 11 is 0. The highest BCUT2D eigenvalue weighted by Gasteiger charge is 2.60. The highest BCUT2D eigenvalue weighted by molar-refractivity contribution is 5.92. The molecule has 2 saturated heterocycles. The molecule has 8 nitrogen and oxygen atoms in total. The van der Waals surface area contributed by atoms with Crippen molar-refractivity contribution in [3.8, 4) is 0 Å². The maximum absolute atomic E-state index is 14.9. The third kappa shape index (κ3) is 5.34. The monoisotopic (exact) mass is 473 g/mol. The number of anilines is 1. The first-order valence-electron chi connectivity index (χ1n) is 9.84. The quantitative estimate of drug-likeness (QED) is 0.670. The van der Waals surface area contributed by atoms with Gasteiger partial charge in [-0.2, -0.15) is 13.2 Å². The zero-order valence-electron chi connectivity index (χ0n) is 17.2. The average Bonchev–Trinajstić information content (AvgIpc) is 3.22. The molecule has 0 aromatic carbocycles. The van der Waals surface area contributed by atoms with E-state index in [4.69, 9.17) is 9.90 Å². The lowest BCUT2D eigenvalue weighted by atomic mass is 9.75. The van der Waals surface area contributed by atoms with Gasteiger partial charge in [-0.15, -0.1) is 0 Å². The summed E-state index contributed by atoms with van der Waals surface area (Å²) in [4.78, 5) is 37.1. The molecule has 1 unspecified atom stereocenters. The molecule has 2 aliphatic heterocycles. The summed E-state index contributed by atoms with van der Waals surface area (Å²) in [5.41, 5.74) is -1.08. The van der Waals surface area contributed by atoms with Crippen molar-refractivity contribution in [2.45, 2.75) is 24.9 Å². The molecular weight excluding hydrogens is 453 g/mol. The fourth-order valence-corrected chi connectivity index (χ4v) is 3.88. The van der Waals surface area contributed by atoms with Crippen molar-refractivity contribution in [3.05, 3.63) is 48.7 Å². The molecule has 1 spiro atoms. The number of carbonyl (C=O) groups is 2. The lowest BCUT2D eigenvalue weighted by Gasteiger charge is -2.45. The van der Waals surface area contributed by atoms with Gasteiger partial charge in [0.2, 0.25) is 0 Å². The van der Waals surface area contributed by atoms with Crippen LogP contribution in [0.15, 0.2) is 43.0 Å². The van der Waals surface area contributed by atoms with E-state index >= 15 is 0 Å². The number of aliphatic carboxylic acids is 1. The maximum atomic E-state index is 14.9. The van der Waals surface area contributed by atoms with Crippen LogP contribution in [-0.4, -0.2) is 75.1 Å². The van der Waals surface area contributed by atoms with Gasteiger partial charge >= 0.3 is 12.1 Å². The fourth-order valence-electron chi connectivity index (χ4n) is 3.88. The Kier molecular flexibility index (Phi) is 6.79. The Morgan fingerprint density at radius 2 is 1.73 bits per heavy atom. The average molecular weight is 473 g/mol. The lowest BCUT2D eigenvalue weighted by molar-refractivity contribution is -0.192. The number of pyridine rings is 1. The van der Waals surface area contributed by atoms with Gasteiger partial charge in [0.25, 0.3) is 11.8 Å². The number of hydrogen-bond acceptors (Lipinski definition) is 6. The number of carboxylic acids is 1. The zero-order valence-corrected chi connectivity index (χ0v) is 17.2. The largest absolute Gasteiger partial charge is 0.490 e. The van der Waals surface area contributed by atoms with Crippen molar-refractivity contribution >= 4 is 17.7 Å². The Morgan fingerprint density at radius 3 is 2.30 bits per heavy atom. The van der Waals surface area contributed by atoms with Crippen molar-refractivity contribution in [1.82, 2.24) is 19.9 Å². The molecule has 13 heteroatoms. The number of likely N-dealkylation sites (tertiary alicyclic amines) is 1. The number of piperidine rings is 1. The summed E-state index contributed by atoms with van der Waals surface area (Å²) < 4.78 is 61.5. The van der Waals surface area contributed by atoms with Crippen LogP contribution in [0.3, 0.4) is 0 Å². The van der Waals surface area contributed by atoms with E-state index in [1.807, 2.05) is 17.0 Å². The normalized spacial score (nSPS) is 22.0. The predicted octanol–water partition coefficient (Wildman–Crippen LogP) is 2.88. The van der Waals surface area contributed by atoms with Crippen LogP contribution in [-0.2, 0) is 4.79 Å². The van der Waals surface area contributed by atoms with E-state index in [1.165, 1.54) is 23.5 Å². The molecule has 0 radical (unpaired) electrons. The topological polar surface area (TPSA) is 99.5 Å². The minimum absolute atomic E-state index is 0.0126. The van der Waals surface area contributed by atoms with Crippen molar-refractivity contribution < 1.29 is 36.6 Å². The standard InChI is InChI=1S/C18H19F2N5O.C2HF3O2/c19-18(20)5-10-25(16(26)14-11-21-7-8-22-14)13-17(18)4-9-24(12-17)15-3-1-2-6-23-15;3-2(4,5)1(6)7/h1-3,6-8,11H,4-5,9-10,12-13H2;(H,6,7). The van der Waals surface area contributed by atoms with Gasteiger partial charge in [-0.25, -0.2) is 23.5 Å². The highest BCUT2D eigenvalue weighted by atomic mass is 19.4. The predicted molar refractivity (Wildman–Crippen MR) is 105 cm³/mol. The van der Waals surface area contributed by atoms with Gasteiger partial charge in [0.05, 0.1) is 11.6 Å². The van der Waals surface area contributed by atoms with Crippen molar-refractivity contribution in [2.75, 3.05) is 31.1 Å². The SMILES string of the molecule is O=C(O)C(F)(F)F.O=C(c1cnccn1)N1CCC(F)(F)C2(CCN(c3ccccn3)C2)C1. The second kappa shape index (κ2) is 9.24. The van der Waals surface area contributed by atoms with E-state index in [-0.39, 0.29) is 37.7 Å². The Morgan fingerprint density at radius 1 is 1.00 bits per heavy atom. The Bertz CT molecular complexity index is 977. The van der Waals surface area contributed by atoms with Crippen LogP contribution in [0.1, 0.15) is 23.3 Å². The summed E-state index contributed by atoms with van der Waals surface area (Å²) in [6.07, 6.45) is 0.833. The second-order valence-corrected chi connectivity index (χ2v) is 7.71. The number of rotatable bonds is 2. The number of hydrogen-bond donors (Lipinski definition) is 1. The minimum atomic E-state index is -5.08. The summed E-state index contributed by atoms with van der Waals surface area (Å²) in [5.74, 6) is -5.23. The molecule has 2 aromatic rings. The van der Waals surface area contributed by atoms with Crippen LogP contribution in [0.2, 0.25) is 0 Å². The molecule has 178 valence electrons. The first-order valence-corrected chi connectivity index (χ1v) is 9.84. The molecule has 0 saturated carbocycles. The number of halogens is 5. The van der Waals surface area contributed by atoms with Gasteiger partial charge < -0.3 is 14.9 Å². The van der Waals surface area contributed by atoms with Gasteiger partial charge in [-0.3, -0.25) is 9.78 Å². The summed E-state index contributed by atoms with van der Waals surface area (Å²) in [6, 6.07) is 5.46. The molecule has 33 heavy (non-hydrogen) atoms. The van der Waals surface area contributed by atoms with Crippen LogP contribution in [0.5, 0.6) is 0 Å². The molecule has 1 amide bonds. The van der Waals surface area contributed by atoms with Gasteiger partial charge in [0.15, 0.2) is 0 Å². The first-order chi connectivity index (χ1) is 15.5. The van der Waals surface area contributed by atoms with E-state index in [1.54, 1.807) is 12.3 Å². The van der Waals surface area contributed by atoms with Crippen LogP contribution in [0.4, 0.5) is 27.8 Å². The van der Waals surface area contributed by atoms with Gasteiger partial charge in [0, 0.05) is 51.2 Å². The molecule has 4 heterocycles. The number of carbonyl (C=O) groups excluding carboxylic acids is 1. The zero-order chi connectivity index (χ0) is 24.3. The number of amides is 1. The molecule has 1 atom stereocenters. The van der Waals surface area contributed by atoms with Crippen LogP contribution < -0.4 is 4.90 Å². The van der Waals surface area contributed by atoms with Gasteiger partial charge in [-0.05, 0) is 18.6 Å². The third-order valence-corrected chi connectivity index (χ3v) is 5.60. The summed E-state index contributed by atoms with van der Waals surface area (Å²) in [5, 5.41) is 7.12. The Balaban J connectivity index is 0.000000383. The van der Waals surface area contributed by atoms with Crippen LogP contribution >= 0.6 is 0 Å². The maximum Gasteiger partial charge on any atom is 0.490 e. The van der Waals surface area contributed by atoms with E-state index in [2.05, 4.69) is 15.0 Å². The molecule has 4 rings (SSSR count). The molecular formula is C20H20F5N5O3. The van der Waals surface area contributed by atoms with E-state index in [0.29, 0.717) is 18.8 Å². The Hall–Kier alpha value is -3.38. The minimum Gasteiger partial charge on any atom is -0.475 e. The van der Waals surface area contributed by atoms with Gasteiger partial charge in [0.1, 0.15) is 11.5 Å². The molecule has 0 bridgehead atoms. The smallest absolute Gasteiger partial charge is 0.475 e. The third-order valence-electron chi connectivity index (χ3n) is 5.60. The van der Waals surface area contributed by atoms with Gasteiger partial charge in [-0.1, -0.05) is 6.07 Å². The molecule has 0 aliphatic carbocycles. The van der Waals surface area contributed by atoms with Crippen LogP contribution in [0.25, 0.3) is 0 Å². The number of nitrogens with zero attached hydrogens (tertiary/aromatic N) is 5. The van der Waals surface area contributed by atoms with E-state index in [0.717, 1.165) is 0 Å². The highest BCUT2D eigenvalue weighted by Crippen LogP contribution is 2.50. The molecule has 1 N–H and O–H groups in total. The summed E-state index contributed by atoms with van der Waals surface area (Å²) in [7, 11) is 0.